The highest BCUT2D eigenvalue weighted by Crippen LogP contribution is 1.97. The van der Waals surface area contributed by atoms with Gasteiger partial charge in [-0.25, -0.2) is 4.57 Å². The normalized spacial score (nSPS) is 10.6. The maximum atomic E-state index is 8.60. The average Bonchev–Trinajstić information content (AvgIpc) is 2.24. The maximum absolute atomic E-state index is 8.60. The van der Waals surface area contributed by atoms with Gasteiger partial charge < -0.3 is 0 Å². The number of rotatable bonds is 5. The fourth-order valence-electron chi connectivity index (χ4n) is 1.30. The van der Waals surface area contributed by atoms with Crippen molar-refractivity contribution in [2.75, 3.05) is 0 Å². The van der Waals surface area contributed by atoms with Crippen LogP contribution in [0.15, 0.2) is 30.6 Å². The molecule has 0 amide bonds. The molecule has 0 bridgehead atoms. The van der Waals surface area contributed by atoms with Gasteiger partial charge in [0.15, 0.2) is 12.4 Å². The van der Waals surface area contributed by atoms with Crippen LogP contribution in [0.25, 0.3) is 0 Å². The highest BCUT2D eigenvalue weighted by molar-refractivity contribution is 4.83. The Morgan fingerprint density at radius 1 is 1.00 bits per heavy atom. The molecule has 0 aliphatic heterocycles. The van der Waals surface area contributed by atoms with Crippen molar-refractivity contribution in [3.63, 3.8) is 0 Å². The quantitative estimate of drug-likeness (QED) is 0.514. The molecule has 0 radical (unpaired) electrons. The molecule has 0 aliphatic carbocycles. The number of nitrogens with zero attached hydrogens (tertiary/aromatic N) is 1. The van der Waals surface area contributed by atoms with Gasteiger partial charge in [-0.15, -0.1) is 0 Å². The van der Waals surface area contributed by atoms with Crippen molar-refractivity contribution in [3.8, 4) is 0 Å². The Labute approximate surface area is 104 Å². The predicted molar refractivity (Wildman–Crippen MR) is 53.0 cm³/mol. The fraction of sp³-hybridized carbons (Fsp3) is 0.545. The van der Waals surface area contributed by atoms with Crippen LogP contribution in [0.2, 0.25) is 0 Å². The van der Waals surface area contributed by atoms with E-state index in [1.807, 2.05) is 0 Å². The first-order valence-electron chi connectivity index (χ1n) is 5.51. The highest BCUT2D eigenvalue weighted by Gasteiger charge is 1.98. The van der Waals surface area contributed by atoms with Crippen molar-refractivity contribution < 1.29 is 33.4 Å². The Morgan fingerprint density at radius 2 is 1.53 bits per heavy atom. The minimum Gasteiger partial charge on any atom is -0.205 e. The minimum atomic E-state index is -4.69. The monoisotopic (exact) mass is 264 g/mol. The van der Waals surface area contributed by atoms with E-state index in [1.54, 1.807) is 0 Å². The van der Waals surface area contributed by atoms with Crippen LogP contribution < -0.4 is 18.5 Å². The molecule has 1 N–H and O–H groups in total. The van der Waals surface area contributed by atoms with Crippen LogP contribution in [0.5, 0.6) is 0 Å². The maximum Gasteiger partial charge on any atom is 0.168 e. The summed E-state index contributed by atoms with van der Waals surface area (Å²) in [6.45, 7) is 3.41. The summed E-state index contributed by atoms with van der Waals surface area (Å²) in [6, 6.07) is 6.22. The van der Waals surface area contributed by atoms with Gasteiger partial charge in [-0.05, 0) is 6.42 Å². The number of pyridine rings is 1. The molecule has 17 heavy (non-hydrogen) atoms. The van der Waals surface area contributed by atoms with Crippen LogP contribution in [0.3, 0.4) is 0 Å². The highest BCUT2D eigenvalue weighted by atomic mass is 35.7. The van der Waals surface area contributed by atoms with Gasteiger partial charge in [-0.2, -0.15) is 14.0 Å². The van der Waals surface area contributed by atoms with Crippen LogP contribution in [-0.4, -0.2) is 4.66 Å². The molecule has 0 unspecified atom stereocenters. The lowest BCUT2D eigenvalue weighted by Crippen LogP contribution is -2.58. The number of aryl methyl sites for hydroxylation is 1. The zero-order valence-corrected chi connectivity index (χ0v) is 10.7. The minimum absolute atomic E-state index is 1.17. The summed E-state index contributed by atoms with van der Waals surface area (Å²) >= 11 is 0. The molecule has 5 nitrogen and oxygen atoms in total. The molecule has 6 heteroatoms. The van der Waals surface area contributed by atoms with Crippen molar-refractivity contribution in [2.24, 2.45) is 0 Å². The van der Waals surface area contributed by atoms with Gasteiger partial charge in [-0.3, -0.25) is 0 Å². The molecule has 1 aromatic rings. The summed E-state index contributed by atoms with van der Waals surface area (Å²) in [5.41, 5.74) is 0. The Kier molecular flexibility index (Phi) is 8.93. The van der Waals surface area contributed by atoms with E-state index in [2.05, 4.69) is 42.1 Å². The van der Waals surface area contributed by atoms with E-state index in [4.69, 9.17) is 18.6 Å². The second kappa shape index (κ2) is 9.32. The van der Waals surface area contributed by atoms with E-state index >= 15 is 0 Å². The largest absolute Gasteiger partial charge is 0.205 e. The molecule has 0 spiro atoms. The molecule has 1 rings (SSSR count). The molecule has 0 saturated heterocycles. The molecular weight excluding hydrogens is 246 g/mol. The third kappa shape index (κ3) is 15.3. The number of hydrogen-bond donors (Lipinski definition) is 1. The summed E-state index contributed by atoms with van der Waals surface area (Å²) in [5.74, 6) is 0. The first kappa shape index (κ1) is 16.3. The van der Waals surface area contributed by atoms with Gasteiger partial charge >= 0.3 is 0 Å². The SMILES string of the molecule is CCCCCC[n+]1ccccc1.[O-][Cl+3]([O-])([O-])O. The van der Waals surface area contributed by atoms with E-state index in [0.29, 0.717) is 0 Å². The first-order chi connectivity index (χ1) is 7.93. The molecule has 1 heterocycles. The van der Waals surface area contributed by atoms with Crippen LogP contribution in [0.4, 0.5) is 0 Å². The van der Waals surface area contributed by atoms with Crippen molar-refractivity contribution in [1.82, 2.24) is 0 Å². The molecule has 1 aromatic heterocycles. The lowest BCUT2D eigenvalue weighted by atomic mass is 10.2. The summed E-state index contributed by atoms with van der Waals surface area (Å²) in [7, 11) is -4.69. The lowest BCUT2D eigenvalue weighted by molar-refractivity contribution is -1.92. The van der Waals surface area contributed by atoms with E-state index in [1.165, 1.54) is 32.2 Å². The van der Waals surface area contributed by atoms with Crippen LogP contribution in [-0.2, 0) is 6.54 Å². The van der Waals surface area contributed by atoms with Gasteiger partial charge in [0, 0.05) is 18.6 Å². The zero-order valence-electron chi connectivity index (χ0n) is 9.92. The Hall–Kier alpha value is -0.720. The average molecular weight is 265 g/mol. The van der Waals surface area contributed by atoms with Gasteiger partial charge in [0.1, 0.15) is 6.54 Å². The van der Waals surface area contributed by atoms with Gasteiger partial charge in [0.25, 0.3) is 0 Å². The summed E-state index contributed by atoms with van der Waals surface area (Å²) < 4.78 is 35.0. The number of halogens is 1. The van der Waals surface area contributed by atoms with Gasteiger partial charge in [-0.1, -0.05) is 25.8 Å². The molecule has 0 fully saturated rings. The van der Waals surface area contributed by atoms with Gasteiger partial charge in [0.05, 0.1) is 14.9 Å². The Morgan fingerprint density at radius 3 is 2.00 bits per heavy atom. The summed E-state index contributed by atoms with van der Waals surface area (Å²) in [5, 5.41) is 0. The van der Waals surface area contributed by atoms with Crippen molar-refractivity contribution in [2.45, 2.75) is 39.2 Å². The molecule has 0 aromatic carbocycles. The van der Waals surface area contributed by atoms with E-state index in [0.717, 1.165) is 0 Å². The third-order valence-corrected chi connectivity index (χ3v) is 2.05. The lowest BCUT2D eigenvalue weighted by Gasteiger charge is -2.03. The molecule has 0 atom stereocenters. The van der Waals surface area contributed by atoms with E-state index in [9.17, 15) is 0 Å². The topological polar surface area (TPSA) is 93.3 Å². The Bertz CT molecular complexity index is 271. The Balaban J connectivity index is 0.000000437. The molecule has 0 aliphatic rings. The second-order valence-electron chi connectivity index (χ2n) is 3.57. The number of unbranched alkanes of at least 4 members (excludes halogenated alkanes) is 3. The van der Waals surface area contributed by atoms with E-state index in [-0.39, 0.29) is 0 Å². The fourth-order valence-corrected chi connectivity index (χ4v) is 1.30. The summed E-state index contributed by atoms with van der Waals surface area (Å²) in [6.07, 6.45) is 9.62. The van der Waals surface area contributed by atoms with Crippen molar-refractivity contribution >= 4 is 0 Å². The first-order valence-corrected chi connectivity index (χ1v) is 6.77. The molecular formula is C11H19ClNO4+. The second-order valence-corrected chi connectivity index (χ2v) is 4.36. The zero-order chi connectivity index (χ0) is 13.1. The molecule has 98 valence electrons. The summed E-state index contributed by atoms with van der Waals surface area (Å²) in [4.78, 5) is 0. The number of aromatic nitrogens is 1. The number of hydrogen-bond acceptors (Lipinski definition) is 4. The smallest absolute Gasteiger partial charge is 0.168 e. The van der Waals surface area contributed by atoms with Crippen LogP contribution in [0, 0.1) is 10.2 Å². The predicted octanol–water partition coefficient (Wildman–Crippen LogP) is -1.57. The van der Waals surface area contributed by atoms with E-state index < -0.39 is 10.2 Å². The third-order valence-electron chi connectivity index (χ3n) is 2.05. The van der Waals surface area contributed by atoms with Crippen LogP contribution >= 0.6 is 0 Å². The van der Waals surface area contributed by atoms with Crippen LogP contribution in [0.1, 0.15) is 32.6 Å². The van der Waals surface area contributed by atoms with Crippen molar-refractivity contribution in [1.29, 1.82) is 0 Å². The van der Waals surface area contributed by atoms with Crippen molar-refractivity contribution in [3.05, 3.63) is 30.6 Å². The molecule has 0 saturated carbocycles. The standard InChI is InChI=1S/C11H18N.ClHO4/c1-2-3-4-6-9-12-10-7-5-8-11-12;2-1(3,4)5/h5,7-8,10-11H,2-4,6,9H2,1H3;(H,2,3,4,5)/q+1;. The van der Waals surface area contributed by atoms with Gasteiger partial charge in [0.2, 0.25) is 0 Å².